The van der Waals surface area contributed by atoms with Crippen molar-refractivity contribution < 1.29 is 4.79 Å². The van der Waals surface area contributed by atoms with Gasteiger partial charge in [0.1, 0.15) is 11.0 Å². The number of amides is 1. The average Bonchev–Trinajstić information content (AvgIpc) is 2.73. The van der Waals surface area contributed by atoms with Crippen LogP contribution < -0.4 is 10.2 Å². The van der Waals surface area contributed by atoms with E-state index >= 15 is 0 Å². The fourth-order valence-electron chi connectivity index (χ4n) is 3.50. The predicted molar refractivity (Wildman–Crippen MR) is 114 cm³/mol. The summed E-state index contributed by atoms with van der Waals surface area (Å²) in [6.45, 7) is 4.29. The van der Waals surface area contributed by atoms with Crippen LogP contribution in [0.25, 0.3) is 10.8 Å². The number of nitrogens with zero attached hydrogens (tertiary/aromatic N) is 3. The third-order valence-electron chi connectivity index (χ3n) is 5.08. The summed E-state index contributed by atoms with van der Waals surface area (Å²) in [6.07, 6.45) is 0. The monoisotopic (exact) mass is 394 g/mol. The third kappa shape index (κ3) is 4.43. The molecule has 0 spiro atoms. The molecule has 2 aromatic carbocycles. The number of carbonyl (C=O) groups is 1. The van der Waals surface area contributed by atoms with Gasteiger partial charge >= 0.3 is 0 Å². The zero-order valence-corrected chi connectivity index (χ0v) is 16.4. The number of hydrogen-bond donors (Lipinski definition) is 1. The minimum Gasteiger partial charge on any atom is -0.354 e. The molecule has 5 nitrogen and oxygen atoms in total. The molecule has 2 heterocycles. The maximum Gasteiger partial charge on any atom is 0.234 e. The summed E-state index contributed by atoms with van der Waals surface area (Å²) in [5, 5.41) is 5.60. The van der Waals surface area contributed by atoms with Crippen molar-refractivity contribution >= 4 is 34.1 Å². The van der Waals surface area contributed by atoms with Crippen LogP contribution in [0.3, 0.4) is 0 Å². The van der Waals surface area contributed by atoms with Crippen LogP contribution in [0.5, 0.6) is 0 Å². The number of benzene rings is 2. The van der Waals surface area contributed by atoms with Crippen LogP contribution >= 0.6 is 11.6 Å². The zero-order chi connectivity index (χ0) is 19.3. The number of halogens is 1. The highest BCUT2D eigenvalue weighted by atomic mass is 35.5. The maximum atomic E-state index is 12.2. The number of pyridine rings is 1. The minimum absolute atomic E-state index is 0.0594. The van der Waals surface area contributed by atoms with Gasteiger partial charge in [0.15, 0.2) is 0 Å². The molecule has 28 heavy (non-hydrogen) atoms. The summed E-state index contributed by atoms with van der Waals surface area (Å²) in [7, 11) is 0. The van der Waals surface area contributed by atoms with E-state index in [4.69, 9.17) is 11.6 Å². The van der Waals surface area contributed by atoms with E-state index in [1.54, 1.807) is 0 Å². The van der Waals surface area contributed by atoms with Crippen LogP contribution in [-0.4, -0.2) is 48.5 Å². The maximum absolute atomic E-state index is 12.2. The molecule has 144 valence electrons. The van der Waals surface area contributed by atoms with E-state index < -0.39 is 0 Å². The molecule has 4 rings (SSSR count). The van der Waals surface area contributed by atoms with Crippen LogP contribution in [0, 0.1) is 0 Å². The van der Waals surface area contributed by atoms with Crippen molar-refractivity contribution in [2.24, 2.45) is 0 Å². The standard InChI is InChI=1S/C22H23ClN4O/c23-22-19-9-5-4-8-18(19)14-20(25-22)27-12-10-26(11-13-27)16-21(28)24-15-17-6-2-1-3-7-17/h1-9,14H,10-13,15-16H2,(H,24,28). The largest absolute Gasteiger partial charge is 0.354 e. The fourth-order valence-corrected chi connectivity index (χ4v) is 3.75. The van der Waals surface area contributed by atoms with E-state index in [0.29, 0.717) is 18.2 Å². The summed E-state index contributed by atoms with van der Waals surface area (Å²) >= 11 is 6.36. The molecular weight excluding hydrogens is 372 g/mol. The molecule has 1 aliphatic heterocycles. The number of fused-ring (bicyclic) bond motifs is 1. The number of carbonyl (C=O) groups excluding carboxylic acids is 1. The second kappa shape index (κ2) is 8.59. The molecule has 1 fully saturated rings. The lowest BCUT2D eigenvalue weighted by Crippen LogP contribution is -2.49. The quantitative estimate of drug-likeness (QED) is 0.674. The average molecular weight is 395 g/mol. The van der Waals surface area contributed by atoms with E-state index in [0.717, 1.165) is 48.3 Å². The summed E-state index contributed by atoms with van der Waals surface area (Å²) in [5.74, 6) is 0.959. The lowest BCUT2D eigenvalue weighted by Gasteiger charge is -2.35. The van der Waals surface area contributed by atoms with Gasteiger partial charge in [-0.2, -0.15) is 0 Å². The van der Waals surface area contributed by atoms with Crippen LogP contribution in [0.2, 0.25) is 5.15 Å². The molecule has 1 amide bonds. The van der Waals surface area contributed by atoms with E-state index in [2.05, 4.69) is 32.2 Å². The van der Waals surface area contributed by atoms with Crippen molar-refractivity contribution in [2.75, 3.05) is 37.6 Å². The van der Waals surface area contributed by atoms with Crippen molar-refractivity contribution in [1.29, 1.82) is 0 Å². The summed E-state index contributed by atoms with van der Waals surface area (Å²) in [4.78, 5) is 21.2. The van der Waals surface area contributed by atoms with E-state index in [1.165, 1.54) is 0 Å². The Morgan fingerprint density at radius 2 is 1.71 bits per heavy atom. The van der Waals surface area contributed by atoms with Gasteiger partial charge in [-0.3, -0.25) is 9.69 Å². The molecule has 3 aromatic rings. The topological polar surface area (TPSA) is 48.5 Å². The highest BCUT2D eigenvalue weighted by Crippen LogP contribution is 2.26. The molecular formula is C22H23ClN4O. The second-order valence-corrected chi connectivity index (χ2v) is 7.38. The fraction of sp³-hybridized carbons (Fsp3) is 0.273. The van der Waals surface area contributed by atoms with Gasteiger partial charge in [0, 0.05) is 38.1 Å². The van der Waals surface area contributed by atoms with Crippen LogP contribution in [0.4, 0.5) is 5.82 Å². The molecule has 0 radical (unpaired) electrons. The van der Waals surface area contributed by atoms with Crippen molar-refractivity contribution in [2.45, 2.75) is 6.54 Å². The Morgan fingerprint density at radius 3 is 2.50 bits per heavy atom. The Hall–Kier alpha value is -2.63. The molecule has 1 N–H and O–H groups in total. The van der Waals surface area contributed by atoms with Crippen LogP contribution in [0.15, 0.2) is 60.7 Å². The second-order valence-electron chi connectivity index (χ2n) is 7.02. The molecule has 1 aliphatic rings. The van der Waals surface area contributed by atoms with Crippen molar-refractivity contribution in [3.8, 4) is 0 Å². The number of anilines is 1. The Bertz CT molecular complexity index is 955. The lowest BCUT2D eigenvalue weighted by atomic mass is 10.1. The van der Waals surface area contributed by atoms with E-state index in [1.807, 2.05) is 48.5 Å². The first-order valence-electron chi connectivity index (χ1n) is 9.52. The first-order valence-corrected chi connectivity index (χ1v) is 9.90. The molecule has 0 unspecified atom stereocenters. The predicted octanol–water partition coefficient (Wildman–Crippen LogP) is 3.33. The van der Waals surface area contributed by atoms with Gasteiger partial charge < -0.3 is 10.2 Å². The first kappa shape index (κ1) is 18.7. The number of nitrogens with one attached hydrogen (secondary N) is 1. The van der Waals surface area contributed by atoms with Gasteiger partial charge in [0.2, 0.25) is 5.91 Å². The van der Waals surface area contributed by atoms with Crippen LogP contribution in [-0.2, 0) is 11.3 Å². The third-order valence-corrected chi connectivity index (χ3v) is 5.36. The Balaban J connectivity index is 1.30. The zero-order valence-electron chi connectivity index (χ0n) is 15.6. The number of hydrogen-bond acceptors (Lipinski definition) is 4. The molecule has 0 saturated carbocycles. The van der Waals surface area contributed by atoms with Crippen molar-refractivity contribution in [3.05, 3.63) is 71.4 Å². The van der Waals surface area contributed by atoms with Crippen molar-refractivity contribution in [3.63, 3.8) is 0 Å². The Labute approximate surface area is 169 Å². The Kier molecular flexibility index (Phi) is 5.74. The van der Waals surface area contributed by atoms with Gasteiger partial charge in [-0.25, -0.2) is 4.98 Å². The molecule has 0 bridgehead atoms. The van der Waals surface area contributed by atoms with Gasteiger partial charge in [-0.05, 0) is 17.0 Å². The van der Waals surface area contributed by atoms with E-state index in [-0.39, 0.29) is 5.91 Å². The molecule has 0 aliphatic carbocycles. The lowest BCUT2D eigenvalue weighted by molar-refractivity contribution is -0.122. The summed E-state index contributed by atoms with van der Waals surface area (Å²) < 4.78 is 0. The molecule has 6 heteroatoms. The van der Waals surface area contributed by atoms with E-state index in [9.17, 15) is 4.79 Å². The molecule has 1 aromatic heterocycles. The highest BCUT2D eigenvalue weighted by Gasteiger charge is 2.20. The van der Waals surface area contributed by atoms with Gasteiger partial charge in [-0.1, -0.05) is 66.2 Å². The van der Waals surface area contributed by atoms with Crippen molar-refractivity contribution in [1.82, 2.24) is 15.2 Å². The SMILES string of the molecule is O=C(CN1CCN(c2cc3ccccc3c(Cl)n2)CC1)NCc1ccccc1. The smallest absolute Gasteiger partial charge is 0.234 e. The van der Waals surface area contributed by atoms with Gasteiger partial charge in [-0.15, -0.1) is 0 Å². The summed E-state index contributed by atoms with van der Waals surface area (Å²) in [5.41, 5.74) is 1.11. The van der Waals surface area contributed by atoms with Gasteiger partial charge in [0.25, 0.3) is 0 Å². The number of aromatic nitrogens is 1. The normalized spacial score (nSPS) is 15.0. The number of piperazine rings is 1. The number of rotatable bonds is 5. The Morgan fingerprint density at radius 1 is 1.00 bits per heavy atom. The first-order chi connectivity index (χ1) is 13.7. The highest BCUT2D eigenvalue weighted by molar-refractivity contribution is 6.34. The van der Waals surface area contributed by atoms with Crippen LogP contribution in [0.1, 0.15) is 5.56 Å². The molecule has 1 saturated heterocycles. The summed E-state index contributed by atoms with van der Waals surface area (Å²) in [6, 6.07) is 20.1. The molecule has 0 atom stereocenters. The van der Waals surface area contributed by atoms with Gasteiger partial charge in [0.05, 0.1) is 6.54 Å². The minimum atomic E-state index is 0.0594.